The van der Waals surface area contributed by atoms with Gasteiger partial charge in [-0.25, -0.2) is 4.79 Å². The molecule has 0 saturated carbocycles. The number of rotatable bonds is 5. The Hall–Kier alpha value is -1.69. The zero-order valence-electron chi connectivity index (χ0n) is 8.80. The molecule has 0 radical (unpaired) electrons. The maximum Gasteiger partial charge on any atom is 0.336 e. The first-order valence-electron chi connectivity index (χ1n) is 4.80. The molecular weight excluding hydrogens is 290 g/mol. The Morgan fingerprint density at radius 1 is 1.53 bits per heavy atom. The normalized spacial score (nSPS) is 10.6. The van der Waals surface area contributed by atoms with Crippen molar-refractivity contribution in [3.8, 4) is 0 Å². The van der Waals surface area contributed by atoms with E-state index in [1.165, 1.54) is 12.1 Å². The monoisotopic (exact) mass is 299 g/mol. The Kier molecular flexibility index (Phi) is 4.84. The van der Waals surface area contributed by atoms with Crippen LogP contribution in [0.3, 0.4) is 0 Å². The second-order valence-electron chi connectivity index (χ2n) is 3.21. The van der Waals surface area contributed by atoms with E-state index in [4.69, 9.17) is 5.11 Å². The van der Waals surface area contributed by atoms with Gasteiger partial charge >= 0.3 is 5.97 Å². The van der Waals surface area contributed by atoms with E-state index in [-0.39, 0.29) is 11.3 Å². The summed E-state index contributed by atoms with van der Waals surface area (Å²) in [4.78, 5) is 20.9. The van der Waals surface area contributed by atoms with Crippen molar-refractivity contribution < 1.29 is 14.8 Å². The van der Waals surface area contributed by atoms with Crippen LogP contribution in [0.25, 0.3) is 6.08 Å². The number of benzene rings is 1. The minimum absolute atomic E-state index is 0.0648. The van der Waals surface area contributed by atoms with E-state index in [1.54, 1.807) is 6.08 Å². The highest BCUT2D eigenvalue weighted by molar-refractivity contribution is 9.09. The molecule has 0 aliphatic heterocycles. The highest BCUT2D eigenvalue weighted by Gasteiger charge is 2.14. The Labute approximate surface area is 106 Å². The molecule has 1 N–H and O–H groups in total. The molecule has 0 fully saturated rings. The van der Waals surface area contributed by atoms with Crippen molar-refractivity contribution in [2.75, 3.05) is 5.33 Å². The van der Waals surface area contributed by atoms with Crippen molar-refractivity contribution in [3.05, 3.63) is 45.5 Å². The molecule has 1 rings (SSSR count). The lowest BCUT2D eigenvalue weighted by molar-refractivity contribution is -0.384. The molecule has 0 bridgehead atoms. The minimum Gasteiger partial charge on any atom is -0.478 e. The topological polar surface area (TPSA) is 80.4 Å². The first-order chi connectivity index (χ1) is 8.06. The van der Waals surface area contributed by atoms with E-state index in [0.717, 1.165) is 17.8 Å². The number of hydrogen-bond donors (Lipinski definition) is 1. The number of alkyl halides is 1. The highest BCUT2D eigenvalue weighted by Crippen LogP contribution is 2.19. The third-order valence-corrected chi connectivity index (χ3v) is 2.51. The van der Waals surface area contributed by atoms with Gasteiger partial charge in [-0.15, -0.1) is 0 Å². The molecule has 0 aliphatic carbocycles. The molecule has 0 atom stereocenters. The van der Waals surface area contributed by atoms with Gasteiger partial charge < -0.3 is 5.11 Å². The van der Waals surface area contributed by atoms with Crippen molar-refractivity contribution in [2.24, 2.45) is 0 Å². The smallest absolute Gasteiger partial charge is 0.336 e. The second-order valence-corrected chi connectivity index (χ2v) is 4.01. The average molecular weight is 300 g/mol. The quantitative estimate of drug-likeness (QED) is 0.515. The zero-order valence-corrected chi connectivity index (χ0v) is 10.4. The van der Waals surface area contributed by atoms with E-state index in [0.29, 0.717) is 5.56 Å². The standard InChI is InChI=1S/C11H10BrNO4/c12-6-2-1-3-8-4-5-9(13(16)17)7-10(8)11(14)15/h1,3-5,7H,2,6H2,(H,14,15). The van der Waals surface area contributed by atoms with Crippen LogP contribution in [0.1, 0.15) is 22.3 Å². The van der Waals surface area contributed by atoms with Crippen LogP contribution in [-0.2, 0) is 0 Å². The molecule has 90 valence electrons. The molecule has 17 heavy (non-hydrogen) atoms. The fourth-order valence-electron chi connectivity index (χ4n) is 1.26. The average Bonchev–Trinajstić information content (AvgIpc) is 2.29. The lowest BCUT2D eigenvalue weighted by Gasteiger charge is -2.00. The molecule has 0 heterocycles. The van der Waals surface area contributed by atoms with Gasteiger partial charge in [0, 0.05) is 17.5 Å². The molecule has 5 nitrogen and oxygen atoms in total. The van der Waals surface area contributed by atoms with E-state index < -0.39 is 10.9 Å². The van der Waals surface area contributed by atoms with Gasteiger partial charge in [-0.3, -0.25) is 10.1 Å². The maximum absolute atomic E-state index is 11.0. The lowest BCUT2D eigenvalue weighted by atomic mass is 10.1. The second kappa shape index (κ2) is 6.15. The summed E-state index contributed by atoms with van der Waals surface area (Å²) >= 11 is 3.24. The Bertz CT molecular complexity index is 471. The number of allylic oxidation sites excluding steroid dienone is 1. The van der Waals surface area contributed by atoms with Gasteiger partial charge in [0.15, 0.2) is 0 Å². The summed E-state index contributed by atoms with van der Waals surface area (Å²) in [5.74, 6) is -1.17. The molecule has 1 aromatic rings. The number of halogens is 1. The van der Waals surface area contributed by atoms with Gasteiger partial charge in [0.05, 0.1) is 10.5 Å². The van der Waals surface area contributed by atoms with Crippen LogP contribution < -0.4 is 0 Å². The van der Waals surface area contributed by atoms with Crippen molar-refractivity contribution in [1.82, 2.24) is 0 Å². The van der Waals surface area contributed by atoms with Crippen molar-refractivity contribution in [3.63, 3.8) is 0 Å². The van der Waals surface area contributed by atoms with Crippen LogP contribution in [0.15, 0.2) is 24.3 Å². The number of nitrogens with zero attached hydrogens (tertiary/aromatic N) is 1. The summed E-state index contributed by atoms with van der Waals surface area (Å²) in [6.07, 6.45) is 4.22. The third-order valence-electron chi connectivity index (χ3n) is 2.05. The molecule has 0 aromatic heterocycles. The van der Waals surface area contributed by atoms with Gasteiger partial charge in [0.2, 0.25) is 0 Å². The fourth-order valence-corrected chi connectivity index (χ4v) is 1.53. The maximum atomic E-state index is 11.0. The van der Waals surface area contributed by atoms with Crippen LogP contribution in [0, 0.1) is 10.1 Å². The Balaban J connectivity index is 3.13. The van der Waals surface area contributed by atoms with Crippen LogP contribution in [0.4, 0.5) is 5.69 Å². The summed E-state index contributed by atoms with van der Waals surface area (Å²) in [7, 11) is 0. The van der Waals surface area contributed by atoms with Crippen molar-refractivity contribution >= 4 is 33.7 Å². The molecule has 6 heteroatoms. The molecule has 0 aliphatic rings. The zero-order chi connectivity index (χ0) is 12.8. The third kappa shape index (κ3) is 3.67. The van der Waals surface area contributed by atoms with Crippen molar-refractivity contribution in [2.45, 2.75) is 6.42 Å². The molecule has 0 amide bonds. The highest BCUT2D eigenvalue weighted by atomic mass is 79.9. The number of hydrogen-bond acceptors (Lipinski definition) is 3. The predicted octanol–water partition coefficient (Wildman–Crippen LogP) is 3.09. The number of carboxylic acids is 1. The molecule has 1 aromatic carbocycles. The van der Waals surface area contributed by atoms with E-state index in [9.17, 15) is 14.9 Å². The summed E-state index contributed by atoms with van der Waals surface area (Å²) in [5, 5.41) is 20.3. The number of carbonyl (C=O) groups is 1. The molecule has 0 unspecified atom stereocenters. The lowest BCUT2D eigenvalue weighted by Crippen LogP contribution is -2.01. The largest absolute Gasteiger partial charge is 0.478 e. The van der Waals surface area contributed by atoms with Gasteiger partial charge in [-0.1, -0.05) is 28.1 Å². The van der Waals surface area contributed by atoms with Gasteiger partial charge in [-0.05, 0) is 18.1 Å². The Morgan fingerprint density at radius 3 is 2.76 bits per heavy atom. The van der Waals surface area contributed by atoms with E-state index in [1.807, 2.05) is 6.08 Å². The van der Waals surface area contributed by atoms with Gasteiger partial charge in [0.1, 0.15) is 0 Å². The first-order valence-corrected chi connectivity index (χ1v) is 5.92. The van der Waals surface area contributed by atoms with Gasteiger partial charge in [0.25, 0.3) is 5.69 Å². The fraction of sp³-hybridized carbons (Fsp3) is 0.182. The summed E-state index contributed by atoms with van der Waals surface area (Å²) in [6, 6.07) is 3.79. The molecule has 0 saturated heterocycles. The predicted molar refractivity (Wildman–Crippen MR) is 67.5 cm³/mol. The van der Waals surface area contributed by atoms with Crippen LogP contribution in [0.5, 0.6) is 0 Å². The number of non-ortho nitro benzene ring substituents is 1. The Morgan fingerprint density at radius 2 is 2.24 bits per heavy atom. The van der Waals surface area contributed by atoms with E-state index in [2.05, 4.69) is 15.9 Å². The number of carboxylic acid groups (broad SMARTS) is 1. The SMILES string of the molecule is O=C(O)c1cc([N+](=O)[O-])ccc1C=CCCBr. The number of nitro groups is 1. The molecular formula is C11H10BrNO4. The minimum atomic E-state index is -1.17. The first kappa shape index (κ1) is 13.4. The number of nitro benzene ring substituents is 1. The summed E-state index contributed by atoms with van der Waals surface area (Å²) < 4.78 is 0. The van der Waals surface area contributed by atoms with E-state index >= 15 is 0 Å². The van der Waals surface area contributed by atoms with Crippen molar-refractivity contribution in [1.29, 1.82) is 0 Å². The number of aromatic carboxylic acids is 1. The van der Waals surface area contributed by atoms with Crippen LogP contribution in [0.2, 0.25) is 0 Å². The van der Waals surface area contributed by atoms with Crippen LogP contribution in [-0.4, -0.2) is 21.3 Å². The van der Waals surface area contributed by atoms with Crippen LogP contribution >= 0.6 is 15.9 Å². The molecule has 0 spiro atoms. The summed E-state index contributed by atoms with van der Waals surface area (Å²) in [5.41, 5.74) is 0.175. The summed E-state index contributed by atoms with van der Waals surface area (Å²) in [6.45, 7) is 0. The van der Waals surface area contributed by atoms with Gasteiger partial charge in [-0.2, -0.15) is 0 Å².